The van der Waals surface area contributed by atoms with E-state index in [2.05, 4.69) is 25.9 Å². The summed E-state index contributed by atoms with van der Waals surface area (Å²) in [6.07, 6.45) is 1.68. The van der Waals surface area contributed by atoms with Gasteiger partial charge in [-0.2, -0.15) is 4.98 Å². The van der Waals surface area contributed by atoms with Crippen LogP contribution in [0.2, 0.25) is 0 Å². The first-order valence-electron chi connectivity index (χ1n) is 5.11. The molecule has 1 aromatic heterocycles. The van der Waals surface area contributed by atoms with Crippen molar-refractivity contribution in [2.24, 2.45) is 0 Å². The van der Waals surface area contributed by atoms with Gasteiger partial charge in [0.25, 0.3) is 0 Å². The summed E-state index contributed by atoms with van der Waals surface area (Å²) in [5.41, 5.74) is 0. The number of ether oxygens (including phenoxy) is 2. The Bertz CT molecular complexity index is 534. The third-order valence-corrected chi connectivity index (χ3v) is 3.58. The van der Waals surface area contributed by atoms with Gasteiger partial charge in [-0.3, -0.25) is 0 Å². The topological polar surface area (TPSA) is 44.2 Å². The van der Waals surface area contributed by atoms with E-state index in [1.165, 1.54) is 11.8 Å². The normalized spacial score (nSPS) is 10.2. The van der Waals surface area contributed by atoms with Crippen molar-refractivity contribution in [3.05, 3.63) is 34.9 Å². The highest BCUT2D eigenvalue weighted by Gasteiger charge is 2.06. The van der Waals surface area contributed by atoms with Crippen molar-refractivity contribution in [2.75, 3.05) is 14.2 Å². The number of hydrogen-bond acceptors (Lipinski definition) is 5. The fraction of sp³-hybridized carbons (Fsp3) is 0.167. The van der Waals surface area contributed by atoms with E-state index in [9.17, 15) is 0 Å². The largest absolute Gasteiger partial charge is 0.497 e. The van der Waals surface area contributed by atoms with Crippen LogP contribution in [0.25, 0.3) is 0 Å². The van der Waals surface area contributed by atoms with E-state index in [0.29, 0.717) is 11.0 Å². The summed E-state index contributed by atoms with van der Waals surface area (Å²) in [6.45, 7) is 0. The van der Waals surface area contributed by atoms with Crippen molar-refractivity contribution < 1.29 is 9.47 Å². The first kappa shape index (κ1) is 13.2. The molecule has 2 aromatic rings. The van der Waals surface area contributed by atoms with Crippen molar-refractivity contribution in [1.29, 1.82) is 0 Å². The van der Waals surface area contributed by atoms with E-state index >= 15 is 0 Å². The molecule has 0 bridgehead atoms. The van der Waals surface area contributed by atoms with Gasteiger partial charge in [0.05, 0.1) is 18.7 Å². The van der Waals surface area contributed by atoms with E-state index in [1.807, 2.05) is 24.3 Å². The van der Waals surface area contributed by atoms with Crippen LogP contribution >= 0.6 is 27.7 Å². The maximum Gasteiger partial charge on any atom is 0.231 e. The fourth-order valence-electron chi connectivity index (χ4n) is 1.28. The summed E-state index contributed by atoms with van der Waals surface area (Å²) in [6, 6.07) is 7.72. The molecule has 4 nitrogen and oxygen atoms in total. The molecule has 0 fully saturated rings. The summed E-state index contributed by atoms with van der Waals surface area (Å²) < 4.78 is 11.0. The van der Waals surface area contributed by atoms with Gasteiger partial charge >= 0.3 is 0 Å². The molecule has 0 saturated carbocycles. The van der Waals surface area contributed by atoms with E-state index in [1.54, 1.807) is 20.4 Å². The number of hydrogen-bond donors (Lipinski definition) is 0. The summed E-state index contributed by atoms with van der Waals surface area (Å²) in [7, 11) is 3.22. The van der Waals surface area contributed by atoms with Gasteiger partial charge in [-0.1, -0.05) is 0 Å². The summed E-state index contributed by atoms with van der Waals surface area (Å²) >= 11 is 4.79. The van der Waals surface area contributed by atoms with E-state index < -0.39 is 0 Å². The zero-order valence-corrected chi connectivity index (χ0v) is 12.3. The second-order valence-corrected chi connectivity index (χ2v) is 5.18. The Balaban J connectivity index is 2.17. The molecule has 0 unspecified atom stereocenters. The standard InChI is InChI=1S/C12H11BrN2O2S/c1-16-8-3-5-9(6-4-8)18-12-14-7-10(13)11(15-12)17-2/h3-7H,1-2H3. The Hall–Kier alpha value is -1.27. The molecule has 1 heterocycles. The van der Waals surface area contributed by atoms with Gasteiger partial charge in [0.1, 0.15) is 5.75 Å². The number of benzene rings is 1. The highest BCUT2D eigenvalue weighted by Crippen LogP contribution is 2.29. The lowest BCUT2D eigenvalue weighted by Gasteiger charge is -2.05. The number of halogens is 1. The summed E-state index contributed by atoms with van der Waals surface area (Å²) in [5, 5.41) is 0.639. The highest BCUT2D eigenvalue weighted by molar-refractivity contribution is 9.10. The quantitative estimate of drug-likeness (QED) is 0.805. The molecule has 0 saturated heterocycles. The smallest absolute Gasteiger partial charge is 0.231 e. The van der Waals surface area contributed by atoms with E-state index in [-0.39, 0.29) is 0 Å². The van der Waals surface area contributed by atoms with Crippen molar-refractivity contribution in [1.82, 2.24) is 9.97 Å². The third-order valence-electron chi connectivity index (χ3n) is 2.15. The molecule has 0 aliphatic rings. The second kappa shape index (κ2) is 6.06. The number of aromatic nitrogens is 2. The Morgan fingerprint density at radius 3 is 2.44 bits per heavy atom. The molecular weight excluding hydrogens is 316 g/mol. The highest BCUT2D eigenvalue weighted by atomic mass is 79.9. The zero-order chi connectivity index (χ0) is 13.0. The average Bonchev–Trinajstić information content (AvgIpc) is 2.42. The van der Waals surface area contributed by atoms with Gasteiger partial charge in [0, 0.05) is 11.1 Å². The zero-order valence-electron chi connectivity index (χ0n) is 9.88. The number of nitrogens with zero attached hydrogens (tertiary/aromatic N) is 2. The Labute approximate surface area is 118 Å². The minimum absolute atomic E-state index is 0.529. The Kier molecular flexibility index (Phi) is 4.43. The van der Waals surface area contributed by atoms with Gasteiger partial charge in [-0.05, 0) is 52.0 Å². The van der Waals surface area contributed by atoms with Crippen LogP contribution < -0.4 is 9.47 Å². The average molecular weight is 327 g/mol. The van der Waals surface area contributed by atoms with Crippen LogP contribution in [0.4, 0.5) is 0 Å². The first-order chi connectivity index (χ1) is 8.72. The third kappa shape index (κ3) is 3.14. The molecule has 0 spiro atoms. The summed E-state index contributed by atoms with van der Waals surface area (Å²) in [4.78, 5) is 9.54. The molecule has 0 atom stereocenters. The van der Waals surface area contributed by atoms with Gasteiger partial charge in [-0.25, -0.2) is 4.98 Å². The molecule has 0 aliphatic heterocycles. The monoisotopic (exact) mass is 326 g/mol. The van der Waals surface area contributed by atoms with Crippen molar-refractivity contribution >= 4 is 27.7 Å². The lowest BCUT2D eigenvalue weighted by molar-refractivity contribution is 0.389. The van der Waals surface area contributed by atoms with E-state index in [0.717, 1.165) is 15.1 Å². The van der Waals surface area contributed by atoms with Gasteiger partial charge in [0.15, 0.2) is 5.16 Å². The first-order valence-corrected chi connectivity index (χ1v) is 6.72. The second-order valence-electron chi connectivity index (χ2n) is 3.29. The predicted molar refractivity (Wildman–Crippen MR) is 73.4 cm³/mol. The molecule has 0 aliphatic carbocycles. The van der Waals surface area contributed by atoms with Crippen LogP contribution in [0.3, 0.4) is 0 Å². The molecule has 0 amide bonds. The maximum absolute atomic E-state index is 5.13. The van der Waals surface area contributed by atoms with Crippen molar-refractivity contribution in [3.8, 4) is 11.6 Å². The predicted octanol–water partition coefficient (Wildman–Crippen LogP) is 3.41. The fourth-order valence-corrected chi connectivity index (χ4v) is 2.35. The molecule has 1 aromatic carbocycles. The van der Waals surface area contributed by atoms with Crippen LogP contribution in [0, 0.1) is 0 Å². The van der Waals surface area contributed by atoms with Crippen LogP contribution in [0.5, 0.6) is 11.6 Å². The van der Waals surface area contributed by atoms with Crippen molar-refractivity contribution in [2.45, 2.75) is 10.1 Å². The molecule has 6 heteroatoms. The SMILES string of the molecule is COc1ccc(Sc2ncc(Br)c(OC)n2)cc1. The van der Waals surface area contributed by atoms with Crippen molar-refractivity contribution in [3.63, 3.8) is 0 Å². The maximum atomic E-state index is 5.13. The van der Waals surface area contributed by atoms with Gasteiger partial charge < -0.3 is 9.47 Å². The van der Waals surface area contributed by atoms with Crippen LogP contribution in [0.15, 0.2) is 45.0 Å². The van der Waals surface area contributed by atoms with Crippen LogP contribution in [-0.4, -0.2) is 24.2 Å². The number of methoxy groups -OCH3 is 2. The number of rotatable bonds is 4. The minimum Gasteiger partial charge on any atom is -0.497 e. The molecule has 0 radical (unpaired) electrons. The Morgan fingerprint density at radius 2 is 1.83 bits per heavy atom. The lowest BCUT2D eigenvalue weighted by Crippen LogP contribution is -1.93. The minimum atomic E-state index is 0.529. The molecule has 2 rings (SSSR count). The van der Waals surface area contributed by atoms with Crippen LogP contribution in [0.1, 0.15) is 0 Å². The molecule has 94 valence electrons. The lowest BCUT2D eigenvalue weighted by atomic mass is 10.3. The van der Waals surface area contributed by atoms with Gasteiger partial charge in [-0.15, -0.1) is 0 Å². The van der Waals surface area contributed by atoms with E-state index in [4.69, 9.17) is 9.47 Å². The molecule has 18 heavy (non-hydrogen) atoms. The van der Waals surface area contributed by atoms with Gasteiger partial charge in [0.2, 0.25) is 5.88 Å². The molecule has 0 N–H and O–H groups in total. The summed E-state index contributed by atoms with van der Waals surface area (Å²) in [5.74, 6) is 1.36. The Morgan fingerprint density at radius 1 is 1.11 bits per heavy atom. The van der Waals surface area contributed by atoms with Crippen LogP contribution in [-0.2, 0) is 0 Å². The molecular formula is C12H11BrN2O2S.